The van der Waals surface area contributed by atoms with Gasteiger partial charge in [0.2, 0.25) is 11.8 Å². The molecule has 98 valence electrons. The minimum atomic E-state index is -0.251. The molecule has 1 aliphatic heterocycles. The first-order valence-electron chi connectivity index (χ1n) is 5.44. The topological polar surface area (TPSA) is 83.1 Å². The van der Waals surface area contributed by atoms with Crippen molar-refractivity contribution in [1.29, 1.82) is 0 Å². The van der Waals surface area contributed by atoms with Crippen LogP contribution in [0.5, 0.6) is 0 Å². The van der Waals surface area contributed by atoms with E-state index in [1.807, 2.05) is 0 Å². The van der Waals surface area contributed by atoms with Crippen LogP contribution >= 0.6 is 12.4 Å². The number of anilines is 1. The summed E-state index contributed by atoms with van der Waals surface area (Å²) >= 11 is 0. The lowest BCUT2D eigenvalue weighted by molar-refractivity contribution is -0.128. The number of hydrogen-bond donors (Lipinski definition) is 3. The third kappa shape index (κ3) is 3.97. The molecule has 1 fully saturated rings. The summed E-state index contributed by atoms with van der Waals surface area (Å²) in [5, 5.41) is 8.23. The summed E-state index contributed by atoms with van der Waals surface area (Å²) in [6.45, 7) is 1.37. The van der Waals surface area contributed by atoms with Crippen LogP contribution in [0.1, 0.15) is 0 Å². The zero-order valence-electron chi connectivity index (χ0n) is 9.68. The Hall–Kier alpha value is -1.66. The van der Waals surface area contributed by atoms with Gasteiger partial charge in [-0.1, -0.05) is 0 Å². The first kappa shape index (κ1) is 14.4. The van der Waals surface area contributed by atoms with Crippen molar-refractivity contribution in [3.8, 4) is 0 Å². The number of nitrogens with one attached hydrogen (secondary N) is 3. The third-order valence-electron chi connectivity index (χ3n) is 2.52. The molecule has 0 radical (unpaired) electrons. The molecule has 0 saturated carbocycles. The van der Waals surface area contributed by atoms with Crippen molar-refractivity contribution < 1.29 is 9.59 Å². The normalized spacial score (nSPS) is 14.0. The predicted octanol–water partition coefficient (Wildman–Crippen LogP) is -0.223. The van der Waals surface area contributed by atoms with Gasteiger partial charge in [0.15, 0.2) is 0 Å². The van der Waals surface area contributed by atoms with Crippen LogP contribution in [0.4, 0.5) is 5.69 Å². The summed E-state index contributed by atoms with van der Waals surface area (Å²) in [6.07, 6.45) is 3.18. The first-order chi connectivity index (χ1) is 8.25. The average molecular weight is 271 g/mol. The molecule has 0 bridgehead atoms. The zero-order chi connectivity index (χ0) is 12.1. The molecule has 2 heterocycles. The van der Waals surface area contributed by atoms with E-state index in [2.05, 4.69) is 20.9 Å². The number of amides is 2. The van der Waals surface area contributed by atoms with E-state index in [4.69, 9.17) is 0 Å². The molecule has 0 spiro atoms. The second kappa shape index (κ2) is 6.93. The molecule has 0 unspecified atom stereocenters. The van der Waals surface area contributed by atoms with Crippen LogP contribution in [0.15, 0.2) is 24.5 Å². The number of aromatic nitrogens is 1. The Morgan fingerprint density at radius 2 is 2.22 bits per heavy atom. The van der Waals surface area contributed by atoms with Crippen LogP contribution in [-0.2, 0) is 9.59 Å². The van der Waals surface area contributed by atoms with Gasteiger partial charge in [-0.05, 0) is 12.1 Å². The second-order valence-corrected chi connectivity index (χ2v) is 3.86. The number of nitrogens with zero attached hydrogens (tertiary/aromatic N) is 1. The van der Waals surface area contributed by atoms with E-state index in [-0.39, 0.29) is 36.7 Å². The quantitative estimate of drug-likeness (QED) is 0.706. The molecular weight excluding hydrogens is 256 g/mol. The molecule has 7 heteroatoms. The van der Waals surface area contributed by atoms with Crippen molar-refractivity contribution in [2.45, 2.75) is 0 Å². The van der Waals surface area contributed by atoms with Crippen molar-refractivity contribution in [1.82, 2.24) is 15.6 Å². The number of carbonyl (C=O) groups excluding carboxylic acids is 2. The lowest BCUT2D eigenvalue weighted by atomic mass is 10.0. The van der Waals surface area contributed by atoms with Gasteiger partial charge in [0.05, 0.1) is 24.3 Å². The van der Waals surface area contributed by atoms with Crippen LogP contribution in [0.2, 0.25) is 0 Å². The fourth-order valence-electron chi connectivity index (χ4n) is 1.43. The maximum Gasteiger partial charge on any atom is 0.243 e. The van der Waals surface area contributed by atoms with Crippen molar-refractivity contribution in [3.05, 3.63) is 24.5 Å². The summed E-state index contributed by atoms with van der Waals surface area (Å²) in [4.78, 5) is 26.8. The average Bonchev–Trinajstić information content (AvgIpc) is 2.25. The Morgan fingerprint density at radius 3 is 2.78 bits per heavy atom. The van der Waals surface area contributed by atoms with Gasteiger partial charge >= 0.3 is 0 Å². The Morgan fingerprint density at radius 1 is 1.44 bits per heavy atom. The van der Waals surface area contributed by atoms with Crippen molar-refractivity contribution in [2.24, 2.45) is 5.92 Å². The van der Waals surface area contributed by atoms with Gasteiger partial charge in [-0.25, -0.2) is 0 Å². The lowest BCUT2D eigenvalue weighted by Gasteiger charge is -2.25. The van der Waals surface area contributed by atoms with E-state index in [9.17, 15) is 9.59 Å². The fourth-order valence-corrected chi connectivity index (χ4v) is 1.43. The summed E-state index contributed by atoms with van der Waals surface area (Å²) in [7, 11) is 0. The Balaban J connectivity index is 0.00000162. The van der Waals surface area contributed by atoms with E-state index in [0.29, 0.717) is 18.8 Å². The Kier molecular flexibility index (Phi) is 5.54. The Labute approximate surface area is 111 Å². The van der Waals surface area contributed by atoms with Gasteiger partial charge in [-0.2, -0.15) is 0 Å². The van der Waals surface area contributed by atoms with E-state index in [1.54, 1.807) is 24.5 Å². The SMILES string of the molecule is Cl.O=C(CNC(=O)C1CNC1)Nc1cccnc1. The zero-order valence-corrected chi connectivity index (χ0v) is 10.5. The number of pyridine rings is 1. The maximum atomic E-state index is 11.5. The minimum absolute atomic E-state index is 0. The van der Waals surface area contributed by atoms with Gasteiger partial charge in [0.1, 0.15) is 0 Å². The van der Waals surface area contributed by atoms with Crippen LogP contribution < -0.4 is 16.0 Å². The van der Waals surface area contributed by atoms with Gasteiger partial charge < -0.3 is 16.0 Å². The first-order valence-corrected chi connectivity index (χ1v) is 5.44. The highest BCUT2D eigenvalue weighted by Crippen LogP contribution is 2.03. The molecule has 1 aromatic rings. The van der Waals surface area contributed by atoms with Crippen molar-refractivity contribution in [3.63, 3.8) is 0 Å². The van der Waals surface area contributed by atoms with E-state index in [0.717, 1.165) is 0 Å². The number of carbonyl (C=O) groups is 2. The summed E-state index contributed by atoms with van der Waals surface area (Å²) in [5.74, 6) is -0.329. The molecule has 18 heavy (non-hydrogen) atoms. The second-order valence-electron chi connectivity index (χ2n) is 3.86. The van der Waals surface area contributed by atoms with Gasteiger partial charge in [-0.3, -0.25) is 14.6 Å². The van der Waals surface area contributed by atoms with Crippen LogP contribution in [0.25, 0.3) is 0 Å². The van der Waals surface area contributed by atoms with E-state index in [1.165, 1.54) is 0 Å². The van der Waals surface area contributed by atoms with Gasteiger partial charge in [0.25, 0.3) is 0 Å². The highest BCUT2D eigenvalue weighted by molar-refractivity contribution is 5.94. The standard InChI is InChI=1S/C11H14N4O2.ClH/c16-10(15-9-2-1-3-12-6-9)7-14-11(17)8-4-13-5-8;/h1-3,6,8,13H,4-5,7H2,(H,14,17)(H,15,16);1H. The molecule has 1 saturated heterocycles. The molecule has 1 aromatic heterocycles. The van der Waals surface area contributed by atoms with Crippen LogP contribution in [-0.4, -0.2) is 36.4 Å². The Bertz CT molecular complexity index is 409. The fraction of sp³-hybridized carbons (Fsp3) is 0.364. The van der Waals surface area contributed by atoms with Crippen LogP contribution in [0, 0.1) is 5.92 Å². The largest absolute Gasteiger partial charge is 0.347 e. The highest BCUT2D eigenvalue weighted by atomic mass is 35.5. The molecule has 2 rings (SSSR count). The van der Waals surface area contributed by atoms with Crippen LogP contribution in [0.3, 0.4) is 0 Å². The molecular formula is C11H15ClN4O2. The van der Waals surface area contributed by atoms with Gasteiger partial charge in [0, 0.05) is 19.3 Å². The molecule has 0 aromatic carbocycles. The third-order valence-corrected chi connectivity index (χ3v) is 2.52. The van der Waals surface area contributed by atoms with Crippen molar-refractivity contribution in [2.75, 3.05) is 25.0 Å². The minimum Gasteiger partial charge on any atom is -0.347 e. The molecule has 3 N–H and O–H groups in total. The van der Waals surface area contributed by atoms with E-state index < -0.39 is 0 Å². The summed E-state index contributed by atoms with van der Waals surface area (Å²) in [6, 6.07) is 3.47. The molecule has 2 amide bonds. The summed E-state index contributed by atoms with van der Waals surface area (Å²) in [5.41, 5.74) is 0.622. The number of rotatable bonds is 4. The van der Waals surface area contributed by atoms with Gasteiger partial charge in [-0.15, -0.1) is 12.4 Å². The smallest absolute Gasteiger partial charge is 0.243 e. The number of halogens is 1. The van der Waals surface area contributed by atoms with Crippen molar-refractivity contribution >= 4 is 29.9 Å². The monoisotopic (exact) mass is 270 g/mol. The summed E-state index contributed by atoms with van der Waals surface area (Å²) < 4.78 is 0. The molecule has 0 atom stereocenters. The van der Waals surface area contributed by atoms with E-state index >= 15 is 0 Å². The molecule has 0 aliphatic carbocycles. The number of hydrogen-bond acceptors (Lipinski definition) is 4. The molecule has 1 aliphatic rings. The predicted molar refractivity (Wildman–Crippen MR) is 69.5 cm³/mol. The molecule has 6 nitrogen and oxygen atoms in total. The lowest BCUT2D eigenvalue weighted by Crippen LogP contribution is -2.51. The maximum absolute atomic E-state index is 11.5. The highest BCUT2D eigenvalue weighted by Gasteiger charge is 2.24.